The summed E-state index contributed by atoms with van der Waals surface area (Å²) in [5.74, 6) is 0.622. The molecule has 1 saturated heterocycles. The SMILES string of the molecule is COc1ccc(C(C)NC(=NCC(=O)N(C)C)NCC2CCOC2)cc1F.I. The van der Waals surface area contributed by atoms with Gasteiger partial charge in [0.2, 0.25) is 5.91 Å². The van der Waals surface area contributed by atoms with Crippen LogP contribution in [0.25, 0.3) is 0 Å². The third-order valence-corrected chi connectivity index (χ3v) is 4.48. The third kappa shape index (κ3) is 7.42. The lowest BCUT2D eigenvalue weighted by molar-refractivity contribution is -0.127. The van der Waals surface area contributed by atoms with Gasteiger partial charge in [-0.3, -0.25) is 4.79 Å². The quantitative estimate of drug-likeness (QED) is 0.336. The Hall–Kier alpha value is -1.62. The molecule has 1 aliphatic rings. The minimum Gasteiger partial charge on any atom is -0.494 e. The van der Waals surface area contributed by atoms with Gasteiger partial charge in [0.1, 0.15) is 6.54 Å². The monoisotopic (exact) mass is 508 g/mol. The molecule has 0 aliphatic carbocycles. The molecule has 1 aromatic carbocycles. The number of rotatable bonds is 7. The summed E-state index contributed by atoms with van der Waals surface area (Å²) in [5.41, 5.74) is 0.755. The zero-order valence-corrected chi connectivity index (χ0v) is 19.2. The van der Waals surface area contributed by atoms with Crippen molar-refractivity contribution in [2.45, 2.75) is 19.4 Å². The molecule has 1 heterocycles. The van der Waals surface area contributed by atoms with Crippen molar-refractivity contribution in [2.75, 3.05) is 47.5 Å². The number of carbonyl (C=O) groups is 1. The molecule has 0 bridgehead atoms. The number of hydrogen-bond donors (Lipinski definition) is 2. The number of hydrogen-bond acceptors (Lipinski definition) is 4. The molecule has 1 amide bonds. The van der Waals surface area contributed by atoms with Crippen molar-refractivity contribution in [1.82, 2.24) is 15.5 Å². The van der Waals surface area contributed by atoms with E-state index in [1.165, 1.54) is 18.1 Å². The smallest absolute Gasteiger partial charge is 0.243 e. The second kappa shape index (κ2) is 12.1. The standard InChI is InChI=1S/C19H29FN4O3.HI/c1-13(15-5-6-17(26-4)16(20)9-15)23-19(22-11-18(25)24(2)3)21-10-14-7-8-27-12-14;/h5-6,9,13-14H,7-8,10-12H2,1-4H3,(H2,21,22,23);1H. The number of methoxy groups -OCH3 is 1. The van der Waals surface area contributed by atoms with Crippen molar-refractivity contribution in [3.05, 3.63) is 29.6 Å². The summed E-state index contributed by atoms with van der Waals surface area (Å²) in [6.07, 6.45) is 0.996. The van der Waals surface area contributed by atoms with E-state index in [2.05, 4.69) is 15.6 Å². The van der Waals surface area contributed by atoms with Gasteiger partial charge < -0.3 is 25.0 Å². The highest BCUT2D eigenvalue weighted by Crippen LogP contribution is 2.21. The van der Waals surface area contributed by atoms with Crippen LogP contribution in [0.3, 0.4) is 0 Å². The lowest BCUT2D eigenvalue weighted by Crippen LogP contribution is -2.42. The van der Waals surface area contributed by atoms with Gasteiger partial charge >= 0.3 is 0 Å². The van der Waals surface area contributed by atoms with Crippen LogP contribution in [0.2, 0.25) is 0 Å². The van der Waals surface area contributed by atoms with Crippen LogP contribution in [-0.2, 0) is 9.53 Å². The van der Waals surface area contributed by atoms with Gasteiger partial charge in [-0.25, -0.2) is 9.38 Å². The Morgan fingerprint density at radius 2 is 2.21 bits per heavy atom. The van der Waals surface area contributed by atoms with E-state index in [0.29, 0.717) is 18.4 Å². The fraction of sp³-hybridized carbons (Fsp3) is 0.579. The number of carbonyl (C=O) groups excluding carboxylic acids is 1. The van der Waals surface area contributed by atoms with Gasteiger partial charge in [-0.1, -0.05) is 6.07 Å². The van der Waals surface area contributed by atoms with Gasteiger partial charge in [0.15, 0.2) is 17.5 Å². The Bertz CT molecular complexity index is 667. The Morgan fingerprint density at radius 3 is 2.79 bits per heavy atom. The van der Waals surface area contributed by atoms with Crippen molar-refractivity contribution in [2.24, 2.45) is 10.9 Å². The second-order valence-corrected chi connectivity index (χ2v) is 6.82. The Labute approximate surface area is 183 Å². The van der Waals surface area contributed by atoms with Crippen LogP contribution in [0.15, 0.2) is 23.2 Å². The molecule has 0 aromatic heterocycles. The van der Waals surface area contributed by atoms with Gasteiger partial charge in [0.05, 0.1) is 19.8 Å². The molecule has 158 valence electrons. The minimum atomic E-state index is -0.416. The summed E-state index contributed by atoms with van der Waals surface area (Å²) >= 11 is 0. The normalized spacial score (nSPS) is 17.5. The summed E-state index contributed by atoms with van der Waals surface area (Å²) in [6, 6.07) is 4.63. The van der Waals surface area contributed by atoms with E-state index in [9.17, 15) is 9.18 Å². The topological polar surface area (TPSA) is 75.2 Å². The molecule has 1 aromatic rings. The van der Waals surface area contributed by atoms with Crippen molar-refractivity contribution in [3.63, 3.8) is 0 Å². The van der Waals surface area contributed by atoms with Crippen molar-refractivity contribution >= 4 is 35.8 Å². The van der Waals surface area contributed by atoms with E-state index < -0.39 is 5.82 Å². The van der Waals surface area contributed by atoms with E-state index in [1.54, 1.807) is 26.2 Å². The lowest BCUT2D eigenvalue weighted by Gasteiger charge is -2.20. The molecule has 0 spiro atoms. The molecule has 1 fully saturated rings. The molecule has 28 heavy (non-hydrogen) atoms. The fourth-order valence-electron chi connectivity index (χ4n) is 2.67. The van der Waals surface area contributed by atoms with Gasteiger partial charge in [-0.2, -0.15) is 0 Å². The number of benzene rings is 1. The molecule has 2 rings (SSSR count). The zero-order chi connectivity index (χ0) is 19.8. The first-order chi connectivity index (χ1) is 12.9. The summed E-state index contributed by atoms with van der Waals surface area (Å²) in [6.45, 7) is 4.13. The molecule has 0 saturated carbocycles. The Morgan fingerprint density at radius 1 is 1.46 bits per heavy atom. The van der Waals surface area contributed by atoms with Crippen LogP contribution in [0, 0.1) is 11.7 Å². The first-order valence-corrected chi connectivity index (χ1v) is 9.07. The zero-order valence-electron chi connectivity index (χ0n) is 16.8. The lowest BCUT2D eigenvalue weighted by atomic mass is 10.1. The molecule has 2 N–H and O–H groups in total. The molecule has 7 nitrogen and oxygen atoms in total. The van der Waals surface area contributed by atoms with Gasteiger partial charge in [-0.15, -0.1) is 24.0 Å². The average molecular weight is 508 g/mol. The van der Waals surface area contributed by atoms with Crippen LogP contribution >= 0.6 is 24.0 Å². The molecule has 9 heteroatoms. The number of ether oxygens (including phenoxy) is 2. The Kier molecular flexibility index (Phi) is 10.5. The highest BCUT2D eigenvalue weighted by molar-refractivity contribution is 14.0. The van der Waals surface area contributed by atoms with Gasteiger partial charge in [0.25, 0.3) is 0 Å². The number of halogens is 2. The first-order valence-electron chi connectivity index (χ1n) is 9.07. The summed E-state index contributed by atoms with van der Waals surface area (Å²) in [5, 5.41) is 6.50. The van der Waals surface area contributed by atoms with Crippen molar-refractivity contribution < 1.29 is 18.7 Å². The number of nitrogens with zero attached hydrogens (tertiary/aromatic N) is 2. The minimum absolute atomic E-state index is 0. The maximum absolute atomic E-state index is 14.0. The van der Waals surface area contributed by atoms with Crippen molar-refractivity contribution in [1.29, 1.82) is 0 Å². The predicted molar refractivity (Wildman–Crippen MR) is 118 cm³/mol. The van der Waals surface area contributed by atoms with Gasteiger partial charge in [0, 0.05) is 33.2 Å². The van der Waals surface area contributed by atoms with Crippen LogP contribution in [-0.4, -0.2) is 64.3 Å². The molecule has 2 unspecified atom stereocenters. The van der Waals surface area contributed by atoms with Crippen LogP contribution < -0.4 is 15.4 Å². The highest BCUT2D eigenvalue weighted by atomic mass is 127. The Balaban J connectivity index is 0.00000392. The highest BCUT2D eigenvalue weighted by Gasteiger charge is 2.17. The number of guanidine groups is 1. The largest absolute Gasteiger partial charge is 0.494 e. The van der Waals surface area contributed by atoms with Crippen LogP contribution in [0.4, 0.5) is 4.39 Å². The number of amides is 1. The number of likely N-dealkylation sites (N-methyl/N-ethyl adjacent to an activating group) is 1. The average Bonchev–Trinajstić information content (AvgIpc) is 3.16. The molecule has 0 radical (unpaired) electrons. The van der Waals surface area contributed by atoms with E-state index in [1.807, 2.05) is 6.92 Å². The van der Waals surface area contributed by atoms with Crippen LogP contribution in [0.1, 0.15) is 24.9 Å². The summed E-state index contributed by atoms with van der Waals surface area (Å²) < 4.78 is 24.3. The van der Waals surface area contributed by atoms with E-state index in [0.717, 1.165) is 25.2 Å². The molecular formula is C19H30FIN4O3. The first kappa shape index (κ1) is 24.4. The predicted octanol–water partition coefficient (Wildman–Crippen LogP) is 2.17. The number of aliphatic imine (C=N–C) groups is 1. The fourth-order valence-corrected chi connectivity index (χ4v) is 2.67. The maximum Gasteiger partial charge on any atom is 0.243 e. The summed E-state index contributed by atoms with van der Waals surface area (Å²) in [4.78, 5) is 17.7. The summed E-state index contributed by atoms with van der Waals surface area (Å²) in [7, 11) is 4.82. The van der Waals surface area contributed by atoms with Gasteiger partial charge in [-0.05, 0) is 31.0 Å². The molecular weight excluding hydrogens is 478 g/mol. The molecule has 1 aliphatic heterocycles. The van der Waals surface area contributed by atoms with Crippen LogP contribution in [0.5, 0.6) is 5.75 Å². The van der Waals surface area contributed by atoms with E-state index >= 15 is 0 Å². The van der Waals surface area contributed by atoms with E-state index in [4.69, 9.17) is 9.47 Å². The number of nitrogens with one attached hydrogen (secondary N) is 2. The molecule has 2 atom stereocenters. The van der Waals surface area contributed by atoms with Crippen molar-refractivity contribution in [3.8, 4) is 5.75 Å². The third-order valence-electron chi connectivity index (χ3n) is 4.48. The maximum atomic E-state index is 14.0. The second-order valence-electron chi connectivity index (χ2n) is 6.82. The van der Waals surface area contributed by atoms with E-state index in [-0.39, 0.29) is 48.2 Å².